The van der Waals surface area contributed by atoms with Crippen LogP contribution in [0, 0.1) is 13.8 Å². The van der Waals surface area contributed by atoms with E-state index in [-0.39, 0.29) is 11.9 Å². The second-order valence-corrected chi connectivity index (χ2v) is 8.84. The number of aryl methyl sites for hydroxylation is 1. The number of nitrogens with zero attached hydrogens (tertiary/aromatic N) is 2. The van der Waals surface area contributed by atoms with Crippen LogP contribution in [0.25, 0.3) is 0 Å². The molecule has 8 heteroatoms. The van der Waals surface area contributed by atoms with Crippen molar-refractivity contribution in [3.8, 4) is 0 Å². The molecule has 142 valence electrons. The third kappa shape index (κ3) is 4.02. The average Bonchev–Trinajstić information content (AvgIpc) is 3.18. The summed E-state index contributed by atoms with van der Waals surface area (Å²) in [4.78, 5) is 12.7. The molecule has 1 N–H and O–H groups in total. The lowest BCUT2D eigenvalue weighted by molar-refractivity contribution is 0.0923. The zero-order valence-corrected chi connectivity index (χ0v) is 16.2. The Balaban J connectivity index is 1.66. The number of nitrogens with one attached hydrogen (secondary N) is 1. The van der Waals surface area contributed by atoms with Gasteiger partial charge in [-0.3, -0.25) is 4.79 Å². The average molecular weight is 379 g/mol. The van der Waals surface area contributed by atoms with E-state index in [9.17, 15) is 13.2 Å². The maximum Gasteiger partial charge on any atom is 0.253 e. The summed E-state index contributed by atoms with van der Waals surface area (Å²) < 4.78 is 32.1. The summed E-state index contributed by atoms with van der Waals surface area (Å²) in [7, 11) is -3.16. The number of carbonyl (C=O) groups is 1. The fourth-order valence-corrected chi connectivity index (χ4v) is 4.30. The predicted molar refractivity (Wildman–Crippen MR) is 98.6 cm³/mol. The summed E-state index contributed by atoms with van der Waals surface area (Å²) in [6.45, 7) is 5.38. The Hall–Kier alpha value is -2.06. The highest BCUT2D eigenvalue weighted by Crippen LogP contribution is 2.19. The van der Waals surface area contributed by atoms with E-state index in [0.29, 0.717) is 38.0 Å². The number of amides is 1. The molecule has 0 unspecified atom stereocenters. The predicted octanol–water partition coefficient (Wildman–Crippen LogP) is 1.90. The van der Waals surface area contributed by atoms with Gasteiger partial charge in [0.1, 0.15) is 5.76 Å². The number of furan rings is 1. The van der Waals surface area contributed by atoms with Crippen LogP contribution in [0.4, 0.5) is 0 Å². The van der Waals surface area contributed by atoms with Crippen LogP contribution in [0.5, 0.6) is 0 Å². The molecule has 1 aliphatic heterocycles. The third-order valence-electron chi connectivity index (χ3n) is 4.97. The van der Waals surface area contributed by atoms with Crippen LogP contribution in [0.2, 0.25) is 0 Å². The van der Waals surface area contributed by atoms with Crippen molar-refractivity contribution in [3.63, 3.8) is 0 Å². The van der Waals surface area contributed by atoms with E-state index in [1.54, 1.807) is 6.26 Å². The van der Waals surface area contributed by atoms with Gasteiger partial charge in [-0.25, -0.2) is 12.7 Å². The number of hydrogen-bond donors (Lipinski definition) is 1. The van der Waals surface area contributed by atoms with Crippen LogP contribution in [-0.2, 0) is 16.6 Å². The Bertz CT molecular complexity index is 876. The minimum atomic E-state index is -3.16. The van der Waals surface area contributed by atoms with Crippen LogP contribution < -0.4 is 5.32 Å². The Morgan fingerprint density at radius 3 is 2.58 bits per heavy atom. The van der Waals surface area contributed by atoms with E-state index in [0.717, 1.165) is 17.1 Å². The van der Waals surface area contributed by atoms with Crippen LogP contribution in [-0.4, -0.2) is 48.6 Å². The first-order valence-electron chi connectivity index (χ1n) is 8.71. The minimum Gasteiger partial charge on any atom is -0.467 e. The molecule has 1 aliphatic rings. The zero-order valence-electron chi connectivity index (χ0n) is 15.4. The lowest BCUT2D eigenvalue weighted by Gasteiger charge is -2.30. The van der Waals surface area contributed by atoms with Gasteiger partial charge in [-0.15, -0.1) is 0 Å². The third-order valence-corrected chi connectivity index (χ3v) is 6.27. The summed E-state index contributed by atoms with van der Waals surface area (Å²) in [6, 6.07) is 5.64. The Morgan fingerprint density at radius 2 is 2.00 bits per heavy atom. The SMILES string of the molecule is Cc1cc(C(=O)NC2CCN(S(C)(=O)=O)CC2)c(C)n1Cc1ccco1. The first kappa shape index (κ1) is 18.7. The number of carbonyl (C=O) groups excluding carboxylic acids is 1. The van der Waals surface area contributed by atoms with Crippen molar-refractivity contribution in [1.82, 2.24) is 14.2 Å². The van der Waals surface area contributed by atoms with Gasteiger partial charge < -0.3 is 14.3 Å². The normalized spacial score (nSPS) is 16.7. The standard InChI is InChI=1S/C18H25N3O4S/c1-13-11-17(14(2)21(13)12-16-5-4-10-25-16)18(22)19-15-6-8-20(9-7-15)26(3,23)24/h4-5,10-11,15H,6-9,12H2,1-3H3,(H,19,22). The van der Waals surface area contributed by atoms with Crippen molar-refractivity contribution in [2.75, 3.05) is 19.3 Å². The van der Waals surface area contributed by atoms with Gasteiger partial charge in [0.05, 0.1) is 24.6 Å². The molecule has 3 heterocycles. The largest absolute Gasteiger partial charge is 0.467 e. The lowest BCUT2D eigenvalue weighted by atomic mass is 10.1. The van der Waals surface area contributed by atoms with Crippen molar-refractivity contribution < 1.29 is 17.6 Å². The number of sulfonamides is 1. The van der Waals surface area contributed by atoms with E-state index in [2.05, 4.69) is 9.88 Å². The molecule has 0 radical (unpaired) electrons. The molecular weight excluding hydrogens is 354 g/mol. The molecule has 2 aromatic rings. The maximum atomic E-state index is 12.7. The van der Waals surface area contributed by atoms with E-state index in [4.69, 9.17) is 4.42 Å². The first-order chi connectivity index (χ1) is 12.3. The summed E-state index contributed by atoms with van der Waals surface area (Å²) in [5.41, 5.74) is 2.54. The zero-order chi connectivity index (χ0) is 18.9. The van der Waals surface area contributed by atoms with E-state index in [1.807, 2.05) is 32.0 Å². The molecule has 1 amide bonds. The van der Waals surface area contributed by atoms with Gasteiger partial charge in [0.2, 0.25) is 10.0 Å². The molecule has 0 aliphatic carbocycles. The topological polar surface area (TPSA) is 84.5 Å². The number of piperidine rings is 1. The number of rotatable bonds is 5. The van der Waals surface area contributed by atoms with E-state index < -0.39 is 10.0 Å². The van der Waals surface area contributed by atoms with Crippen molar-refractivity contribution in [3.05, 3.63) is 47.2 Å². The highest BCUT2D eigenvalue weighted by molar-refractivity contribution is 7.88. The lowest BCUT2D eigenvalue weighted by Crippen LogP contribution is -2.46. The Kier molecular flexibility index (Phi) is 5.24. The molecule has 3 rings (SSSR count). The van der Waals surface area contributed by atoms with Crippen molar-refractivity contribution in [2.24, 2.45) is 0 Å². The van der Waals surface area contributed by atoms with Gasteiger partial charge in [-0.2, -0.15) is 0 Å². The fourth-order valence-electron chi connectivity index (χ4n) is 3.43. The maximum absolute atomic E-state index is 12.7. The van der Waals surface area contributed by atoms with Crippen molar-refractivity contribution in [2.45, 2.75) is 39.3 Å². The Labute approximate surface area is 154 Å². The molecule has 0 spiro atoms. The summed E-state index contributed by atoms with van der Waals surface area (Å²) >= 11 is 0. The van der Waals surface area contributed by atoms with Gasteiger partial charge >= 0.3 is 0 Å². The summed E-state index contributed by atoms with van der Waals surface area (Å²) in [6.07, 6.45) is 4.12. The molecule has 7 nitrogen and oxygen atoms in total. The smallest absolute Gasteiger partial charge is 0.253 e. The van der Waals surface area contributed by atoms with Gasteiger partial charge in [-0.1, -0.05) is 0 Å². The summed E-state index contributed by atoms with van der Waals surface area (Å²) in [5.74, 6) is 0.730. The van der Waals surface area contributed by atoms with Gasteiger partial charge in [0.15, 0.2) is 0 Å². The second-order valence-electron chi connectivity index (χ2n) is 6.86. The van der Waals surface area contributed by atoms with Crippen molar-refractivity contribution in [1.29, 1.82) is 0 Å². The molecular formula is C18H25N3O4S. The molecule has 0 bridgehead atoms. The monoisotopic (exact) mass is 379 g/mol. The van der Waals surface area contributed by atoms with Gasteiger partial charge in [0, 0.05) is 30.5 Å². The molecule has 1 fully saturated rings. The van der Waals surface area contributed by atoms with E-state index >= 15 is 0 Å². The Morgan fingerprint density at radius 1 is 1.31 bits per heavy atom. The second kappa shape index (κ2) is 7.28. The highest BCUT2D eigenvalue weighted by atomic mass is 32.2. The van der Waals surface area contributed by atoms with Crippen LogP contribution in [0.1, 0.15) is 40.3 Å². The molecule has 0 aromatic carbocycles. The highest BCUT2D eigenvalue weighted by Gasteiger charge is 2.27. The van der Waals surface area contributed by atoms with Gasteiger partial charge in [-0.05, 0) is 44.9 Å². The van der Waals surface area contributed by atoms with Crippen molar-refractivity contribution >= 4 is 15.9 Å². The van der Waals surface area contributed by atoms with Gasteiger partial charge in [0.25, 0.3) is 5.91 Å². The molecule has 0 atom stereocenters. The van der Waals surface area contributed by atoms with Crippen LogP contribution in [0.3, 0.4) is 0 Å². The quantitative estimate of drug-likeness (QED) is 0.860. The van der Waals surface area contributed by atoms with Crippen LogP contribution >= 0.6 is 0 Å². The first-order valence-corrected chi connectivity index (χ1v) is 10.6. The molecule has 1 saturated heterocycles. The molecule has 26 heavy (non-hydrogen) atoms. The molecule has 0 saturated carbocycles. The van der Waals surface area contributed by atoms with E-state index in [1.165, 1.54) is 10.6 Å². The minimum absolute atomic E-state index is 0.00590. The number of hydrogen-bond acceptors (Lipinski definition) is 4. The molecule has 2 aromatic heterocycles. The fraction of sp³-hybridized carbons (Fsp3) is 0.500. The number of aromatic nitrogens is 1. The summed E-state index contributed by atoms with van der Waals surface area (Å²) in [5, 5.41) is 3.05. The van der Waals surface area contributed by atoms with Crippen LogP contribution in [0.15, 0.2) is 28.9 Å².